The Hall–Kier alpha value is -2.94. The zero-order valence-electron chi connectivity index (χ0n) is 15.4. The van der Waals surface area contributed by atoms with Crippen LogP contribution in [0, 0.1) is 0 Å². The molecule has 0 aromatic carbocycles. The smallest absolute Gasteiger partial charge is 0.269 e. The van der Waals surface area contributed by atoms with E-state index in [2.05, 4.69) is 20.6 Å². The van der Waals surface area contributed by atoms with Crippen molar-refractivity contribution < 1.29 is 19.1 Å². The lowest BCUT2D eigenvalue weighted by Gasteiger charge is -2.26. The number of hydrogen-bond donors (Lipinski definition) is 2. The molecule has 0 spiro atoms. The number of hydrogen-bond acceptors (Lipinski definition) is 6. The molecule has 0 fully saturated rings. The summed E-state index contributed by atoms with van der Waals surface area (Å²) in [5.41, 5.74) is 0.919. The van der Waals surface area contributed by atoms with Crippen LogP contribution in [0.4, 0.5) is 0 Å². The standard InChI is InChI=1S/C18H23N5O4/c1-26-8-7-20-18(25)14-9-21-16-4-3-12(11-23(14)16)22-17(24)13-5-6-19-10-15(13)27-2/h5-6,9-10,12H,3-4,7-8,11H2,1-2H3,(H,20,25)(H,22,24). The Morgan fingerprint density at radius 1 is 1.30 bits per heavy atom. The third-order valence-corrected chi connectivity index (χ3v) is 4.47. The molecule has 9 heteroatoms. The molecule has 0 bridgehead atoms. The number of fused-ring (bicyclic) bond motifs is 1. The third kappa shape index (κ3) is 4.25. The molecule has 2 aromatic rings. The van der Waals surface area contributed by atoms with Gasteiger partial charge in [-0.05, 0) is 12.5 Å². The summed E-state index contributed by atoms with van der Waals surface area (Å²) in [6, 6.07) is 1.51. The minimum atomic E-state index is -0.228. The molecule has 0 saturated heterocycles. The highest BCUT2D eigenvalue weighted by atomic mass is 16.5. The van der Waals surface area contributed by atoms with E-state index in [1.54, 1.807) is 25.6 Å². The van der Waals surface area contributed by atoms with Crippen molar-refractivity contribution >= 4 is 11.8 Å². The van der Waals surface area contributed by atoms with Gasteiger partial charge in [0.1, 0.15) is 17.3 Å². The first-order valence-electron chi connectivity index (χ1n) is 8.74. The number of nitrogens with one attached hydrogen (secondary N) is 2. The number of methoxy groups -OCH3 is 2. The quantitative estimate of drug-likeness (QED) is 0.681. The van der Waals surface area contributed by atoms with E-state index < -0.39 is 0 Å². The molecule has 0 saturated carbocycles. The molecule has 3 rings (SSSR count). The molecule has 2 N–H and O–H groups in total. The lowest BCUT2D eigenvalue weighted by Crippen LogP contribution is -2.42. The summed E-state index contributed by atoms with van der Waals surface area (Å²) in [5.74, 6) is 0.841. The fourth-order valence-electron chi connectivity index (χ4n) is 3.08. The molecule has 2 amide bonds. The second-order valence-corrected chi connectivity index (χ2v) is 6.20. The van der Waals surface area contributed by atoms with E-state index in [0.29, 0.717) is 43.1 Å². The van der Waals surface area contributed by atoms with Gasteiger partial charge < -0.3 is 24.7 Å². The Balaban J connectivity index is 1.68. The number of aryl methyl sites for hydroxylation is 1. The van der Waals surface area contributed by atoms with Gasteiger partial charge in [-0.15, -0.1) is 0 Å². The van der Waals surface area contributed by atoms with Crippen molar-refractivity contribution in [2.24, 2.45) is 0 Å². The number of ether oxygens (including phenoxy) is 2. The van der Waals surface area contributed by atoms with Crippen molar-refractivity contribution in [3.05, 3.63) is 41.7 Å². The molecule has 2 aromatic heterocycles. The highest BCUT2D eigenvalue weighted by Crippen LogP contribution is 2.19. The Labute approximate surface area is 157 Å². The Morgan fingerprint density at radius 3 is 2.93 bits per heavy atom. The van der Waals surface area contributed by atoms with Gasteiger partial charge in [0.15, 0.2) is 0 Å². The maximum Gasteiger partial charge on any atom is 0.269 e. The monoisotopic (exact) mass is 373 g/mol. The average molecular weight is 373 g/mol. The van der Waals surface area contributed by atoms with Crippen LogP contribution in [0.5, 0.6) is 5.75 Å². The number of rotatable bonds is 7. The van der Waals surface area contributed by atoms with Gasteiger partial charge in [-0.25, -0.2) is 4.98 Å². The van der Waals surface area contributed by atoms with Crippen LogP contribution in [0.3, 0.4) is 0 Å². The van der Waals surface area contributed by atoms with Crippen molar-refractivity contribution in [3.8, 4) is 5.75 Å². The number of imidazole rings is 1. The van der Waals surface area contributed by atoms with Crippen LogP contribution in [0.25, 0.3) is 0 Å². The Bertz CT molecular complexity index is 820. The summed E-state index contributed by atoms with van der Waals surface area (Å²) in [4.78, 5) is 33.2. The van der Waals surface area contributed by atoms with E-state index in [1.807, 2.05) is 4.57 Å². The molecule has 0 aliphatic carbocycles. The first-order chi connectivity index (χ1) is 13.1. The molecule has 1 atom stereocenters. The predicted molar refractivity (Wildman–Crippen MR) is 96.8 cm³/mol. The van der Waals surface area contributed by atoms with Gasteiger partial charge in [-0.2, -0.15) is 0 Å². The molecule has 1 aliphatic rings. The second kappa shape index (κ2) is 8.63. The highest BCUT2D eigenvalue weighted by molar-refractivity contribution is 5.97. The number of carbonyl (C=O) groups excluding carboxylic acids is 2. The van der Waals surface area contributed by atoms with E-state index in [-0.39, 0.29) is 17.9 Å². The second-order valence-electron chi connectivity index (χ2n) is 6.20. The highest BCUT2D eigenvalue weighted by Gasteiger charge is 2.26. The summed E-state index contributed by atoms with van der Waals surface area (Å²) in [5, 5.41) is 5.81. The molecule has 3 heterocycles. The molecule has 144 valence electrons. The maximum atomic E-state index is 12.6. The van der Waals surface area contributed by atoms with Crippen LogP contribution in [0.2, 0.25) is 0 Å². The number of amides is 2. The number of carbonyl (C=O) groups is 2. The normalized spacial score (nSPS) is 15.7. The van der Waals surface area contributed by atoms with Gasteiger partial charge in [0.25, 0.3) is 11.8 Å². The minimum absolute atomic E-state index is 0.109. The van der Waals surface area contributed by atoms with E-state index in [0.717, 1.165) is 12.2 Å². The van der Waals surface area contributed by atoms with Gasteiger partial charge in [0, 0.05) is 38.9 Å². The minimum Gasteiger partial charge on any atom is -0.494 e. The number of nitrogens with zero attached hydrogens (tertiary/aromatic N) is 3. The predicted octanol–water partition coefficient (Wildman–Crippen LogP) is 0.408. The fourth-order valence-corrected chi connectivity index (χ4v) is 3.08. The molecule has 1 aliphatic heterocycles. The molecule has 0 radical (unpaired) electrons. The first kappa shape index (κ1) is 18.8. The van der Waals surface area contributed by atoms with Gasteiger partial charge in [-0.3, -0.25) is 14.6 Å². The molecule has 9 nitrogen and oxygen atoms in total. The molecular weight excluding hydrogens is 350 g/mol. The first-order valence-corrected chi connectivity index (χ1v) is 8.74. The summed E-state index contributed by atoms with van der Waals surface area (Å²) in [6.45, 7) is 1.36. The van der Waals surface area contributed by atoms with Crippen LogP contribution in [-0.4, -0.2) is 59.8 Å². The summed E-state index contributed by atoms with van der Waals surface area (Å²) >= 11 is 0. The topological polar surface area (TPSA) is 107 Å². The lowest BCUT2D eigenvalue weighted by molar-refractivity contribution is 0.0919. The molecular formula is C18H23N5O4. The average Bonchev–Trinajstić information content (AvgIpc) is 3.11. The van der Waals surface area contributed by atoms with Gasteiger partial charge in [0.05, 0.1) is 31.7 Å². The van der Waals surface area contributed by atoms with Crippen molar-refractivity contribution in [1.82, 2.24) is 25.2 Å². The van der Waals surface area contributed by atoms with Crippen molar-refractivity contribution in [2.45, 2.75) is 25.4 Å². The SMILES string of the molecule is COCCNC(=O)c1cnc2n1CC(NC(=O)c1ccncc1OC)CC2. The third-order valence-electron chi connectivity index (χ3n) is 4.47. The fraction of sp³-hybridized carbons (Fsp3) is 0.444. The van der Waals surface area contributed by atoms with Crippen LogP contribution < -0.4 is 15.4 Å². The van der Waals surface area contributed by atoms with E-state index in [9.17, 15) is 9.59 Å². The van der Waals surface area contributed by atoms with Crippen molar-refractivity contribution in [3.63, 3.8) is 0 Å². The summed E-state index contributed by atoms with van der Waals surface area (Å²) in [6.07, 6.45) is 6.07. The molecule has 1 unspecified atom stereocenters. The van der Waals surface area contributed by atoms with Crippen molar-refractivity contribution in [2.75, 3.05) is 27.4 Å². The van der Waals surface area contributed by atoms with Gasteiger partial charge >= 0.3 is 0 Å². The van der Waals surface area contributed by atoms with E-state index >= 15 is 0 Å². The van der Waals surface area contributed by atoms with Gasteiger partial charge in [0.2, 0.25) is 0 Å². The Morgan fingerprint density at radius 2 is 2.15 bits per heavy atom. The Kier molecular flexibility index (Phi) is 6.02. The lowest BCUT2D eigenvalue weighted by atomic mass is 10.1. The van der Waals surface area contributed by atoms with Crippen molar-refractivity contribution in [1.29, 1.82) is 0 Å². The van der Waals surface area contributed by atoms with Gasteiger partial charge in [-0.1, -0.05) is 0 Å². The zero-order valence-corrected chi connectivity index (χ0v) is 15.4. The number of pyridine rings is 1. The van der Waals surface area contributed by atoms with E-state index in [4.69, 9.17) is 9.47 Å². The van der Waals surface area contributed by atoms with Crippen LogP contribution in [0.15, 0.2) is 24.7 Å². The summed E-state index contributed by atoms with van der Waals surface area (Å²) < 4.78 is 12.0. The largest absolute Gasteiger partial charge is 0.494 e. The van der Waals surface area contributed by atoms with Crippen LogP contribution in [0.1, 0.15) is 33.1 Å². The molecule has 27 heavy (non-hydrogen) atoms. The number of aromatic nitrogens is 3. The van der Waals surface area contributed by atoms with Crippen LogP contribution in [-0.2, 0) is 17.7 Å². The van der Waals surface area contributed by atoms with E-state index in [1.165, 1.54) is 13.3 Å². The summed E-state index contributed by atoms with van der Waals surface area (Å²) in [7, 11) is 3.08. The zero-order chi connectivity index (χ0) is 19.2. The van der Waals surface area contributed by atoms with Crippen LogP contribution >= 0.6 is 0 Å². The maximum absolute atomic E-state index is 12.6.